The van der Waals surface area contributed by atoms with Crippen molar-refractivity contribution in [1.29, 1.82) is 0 Å². The van der Waals surface area contributed by atoms with Gasteiger partial charge in [0.05, 0.1) is 26.1 Å². The molecule has 3 aliphatic rings. The molecule has 1 saturated carbocycles. The highest BCUT2D eigenvalue weighted by Crippen LogP contribution is 2.65. The summed E-state index contributed by atoms with van der Waals surface area (Å²) in [4.78, 5) is 25.1. The molecule has 4 unspecified atom stereocenters. The third-order valence-corrected chi connectivity index (χ3v) is 5.67. The van der Waals surface area contributed by atoms with Gasteiger partial charge in [-0.3, -0.25) is 9.59 Å². The molecule has 1 fully saturated rings. The molecule has 26 heavy (non-hydrogen) atoms. The van der Waals surface area contributed by atoms with Crippen LogP contribution in [-0.4, -0.2) is 26.2 Å². The zero-order valence-corrected chi connectivity index (χ0v) is 14.2. The quantitative estimate of drug-likeness (QED) is 0.611. The van der Waals surface area contributed by atoms with Gasteiger partial charge in [0.15, 0.2) is 0 Å². The average Bonchev–Trinajstić information content (AvgIpc) is 2.62. The van der Waals surface area contributed by atoms with E-state index in [9.17, 15) is 9.59 Å². The van der Waals surface area contributed by atoms with Crippen molar-refractivity contribution in [3.63, 3.8) is 0 Å². The fourth-order valence-corrected chi connectivity index (χ4v) is 4.47. The largest absolute Gasteiger partial charge is 0.497 e. The van der Waals surface area contributed by atoms with Crippen molar-refractivity contribution in [2.75, 3.05) is 14.2 Å². The van der Waals surface area contributed by atoms with Crippen molar-refractivity contribution in [1.82, 2.24) is 0 Å². The number of methoxy groups -OCH3 is 2. The first-order valence-corrected chi connectivity index (χ1v) is 8.41. The molecular weight excluding hydrogens is 336 g/mol. The van der Waals surface area contributed by atoms with Crippen LogP contribution >= 0.6 is 0 Å². The standard InChI is InChI=1S/C20H16O6/c1-23-9-4-6-13-12(7-9)16-15-11-5-3-10(24-2)8-14(11)26-20(22)17(15)18(16)19(21)25-13/h3-8,15-18H,1-2H3. The van der Waals surface area contributed by atoms with Crippen LogP contribution in [0.2, 0.25) is 0 Å². The Morgan fingerprint density at radius 1 is 0.692 bits per heavy atom. The van der Waals surface area contributed by atoms with Crippen LogP contribution in [0.4, 0.5) is 0 Å². The number of esters is 2. The summed E-state index contributed by atoms with van der Waals surface area (Å²) in [5, 5.41) is 0. The maximum atomic E-state index is 12.6. The molecule has 2 heterocycles. The highest BCUT2D eigenvalue weighted by Gasteiger charge is 2.64. The molecule has 0 bridgehead atoms. The van der Waals surface area contributed by atoms with Gasteiger partial charge in [-0.25, -0.2) is 0 Å². The molecule has 0 N–H and O–H groups in total. The van der Waals surface area contributed by atoms with E-state index in [1.807, 2.05) is 18.2 Å². The van der Waals surface area contributed by atoms with Crippen LogP contribution in [0.1, 0.15) is 23.0 Å². The summed E-state index contributed by atoms with van der Waals surface area (Å²) in [7, 11) is 3.16. The number of carbonyl (C=O) groups excluding carboxylic acids is 2. The van der Waals surface area contributed by atoms with Crippen LogP contribution in [0.3, 0.4) is 0 Å². The van der Waals surface area contributed by atoms with Crippen LogP contribution in [0.25, 0.3) is 0 Å². The number of rotatable bonds is 2. The Hall–Kier alpha value is -3.02. The predicted molar refractivity (Wildman–Crippen MR) is 89.7 cm³/mol. The summed E-state index contributed by atoms with van der Waals surface area (Å²) >= 11 is 0. The van der Waals surface area contributed by atoms with Gasteiger partial charge in [0.25, 0.3) is 0 Å². The molecule has 132 valence electrons. The molecule has 4 atom stereocenters. The lowest BCUT2D eigenvalue weighted by Gasteiger charge is -2.53. The molecule has 6 heteroatoms. The summed E-state index contributed by atoms with van der Waals surface area (Å²) in [5.74, 6) is 0.278. The van der Waals surface area contributed by atoms with E-state index in [0.29, 0.717) is 23.0 Å². The molecule has 1 aliphatic carbocycles. The summed E-state index contributed by atoms with van der Waals surface area (Å²) in [6.45, 7) is 0. The van der Waals surface area contributed by atoms with Crippen LogP contribution < -0.4 is 18.9 Å². The highest BCUT2D eigenvalue weighted by molar-refractivity contribution is 5.92. The van der Waals surface area contributed by atoms with Crippen LogP contribution in [0.15, 0.2) is 36.4 Å². The fourth-order valence-electron chi connectivity index (χ4n) is 4.47. The minimum Gasteiger partial charge on any atom is -0.497 e. The number of hydrogen-bond donors (Lipinski definition) is 0. The van der Waals surface area contributed by atoms with Gasteiger partial charge in [-0.15, -0.1) is 0 Å². The van der Waals surface area contributed by atoms with Gasteiger partial charge < -0.3 is 18.9 Å². The fraction of sp³-hybridized carbons (Fsp3) is 0.300. The van der Waals surface area contributed by atoms with Crippen LogP contribution in [-0.2, 0) is 9.59 Å². The van der Waals surface area contributed by atoms with Gasteiger partial charge in [-0.2, -0.15) is 0 Å². The lowest BCUT2D eigenvalue weighted by atomic mass is 9.51. The number of hydrogen-bond acceptors (Lipinski definition) is 6. The number of fused-ring (bicyclic) bond motifs is 8. The van der Waals surface area contributed by atoms with E-state index in [-0.39, 0.29) is 23.8 Å². The molecule has 0 aromatic heterocycles. The van der Waals surface area contributed by atoms with Crippen LogP contribution in [0.5, 0.6) is 23.0 Å². The molecule has 2 aromatic rings. The number of carbonyl (C=O) groups is 2. The number of benzene rings is 2. The summed E-state index contributed by atoms with van der Waals surface area (Å²) in [6, 6.07) is 10.9. The monoisotopic (exact) mass is 352 g/mol. The Bertz CT molecular complexity index is 949. The Morgan fingerprint density at radius 3 is 1.96 bits per heavy atom. The first-order valence-electron chi connectivity index (χ1n) is 8.41. The lowest BCUT2D eigenvalue weighted by molar-refractivity contribution is -0.165. The smallest absolute Gasteiger partial charge is 0.315 e. The zero-order chi connectivity index (χ0) is 18.0. The van der Waals surface area contributed by atoms with Gasteiger partial charge in [-0.1, -0.05) is 6.07 Å². The molecule has 2 aliphatic heterocycles. The van der Waals surface area contributed by atoms with E-state index in [0.717, 1.165) is 11.1 Å². The Balaban J connectivity index is 1.66. The van der Waals surface area contributed by atoms with Crippen molar-refractivity contribution in [2.24, 2.45) is 11.8 Å². The van der Waals surface area contributed by atoms with E-state index in [1.165, 1.54) is 0 Å². The molecule has 0 saturated heterocycles. The maximum Gasteiger partial charge on any atom is 0.315 e. The molecule has 6 nitrogen and oxygen atoms in total. The van der Waals surface area contributed by atoms with Gasteiger partial charge in [0, 0.05) is 23.5 Å². The summed E-state index contributed by atoms with van der Waals surface area (Å²) < 4.78 is 21.5. The Kier molecular flexibility index (Phi) is 3.07. The Morgan fingerprint density at radius 2 is 1.27 bits per heavy atom. The zero-order valence-electron chi connectivity index (χ0n) is 14.2. The van der Waals surface area contributed by atoms with Crippen molar-refractivity contribution in [3.8, 4) is 23.0 Å². The molecule has 0 amide bonds. The van der Waals surface area contributed by atoms with E-state index in [1.54, 1.807) is 32.4 Å². The average molecular weight is 352 g/mol. The van der Waals surface area contributed by atoms with Crippen LogP contribution in [0, 0.1) is 11.8 Å². The SMILES string of the molecule is COc1ccc2c(c1)OC(=O)C1C3C(=O)Oc4ccc(OC)cc4C3C21. The molecule has 5 rings (SSSR count). The lowest BCUT2D eigenvalue weighted by Crippen LogP contribution is -2.57. The highest BCUT2D eigenvalue weighted by atomic mass is 16.5. The second kappa shape index (κ2) is 5.24. The minimum atomic E-state index is -0.526. The second-order valence-corrected chi connectivity index (χ2v) is 6.75. The first kappa shape index (κ1) is 15.3. The summed E-state index contributed by atoms with van der Waals surface area (Å²) in [6.07, 6.45) is 0. The van der Waals surface area contributed by atoms with Gasteiger partial charge in [-0.05, 0) is 29.8 Å². The van der Waals surface area contributed by atoms with Gasteiger partial charge in [0.2, 0.25) is 0 Å². The van der Waals surface area contributed by atoms with Crippen molar-refractivity contribution < 1.29 is 28.5 Å². The third kappa shape index (κ3) is 1.87. The summed E-state index contributed by atoms with van der Waals surface area (Å²) in [5.41, 5.74) is 1.81. The van der Waals surface area contributed by atoms with Crippen molar-refractivity contribution in [3.05, 3.63) is 47.5 Å². The molecule has 0 radical (unpaired) electrons. The molecule has 2 aromatic carbocycles. The van der Waals surface area contributed by atoms with E-state index in [2.05, 4.69) is 0 Å². The van der Waals surface area contributed by atoms with E-state index in [4.69, 9.17) is 18.9 Å². The minimum absolute atomic E-state index is 0.124. The van der Waals surface area contributed by atoms with Gasteiger partial charge in [0.1, 0.15) is 23.0 Å². The van der Waals surface area contributed by atoms with Crippen molar-refractivity contribution >= 4 is 11.9 Å². The van der Waals surface area contributed by atoms with Gasteiger partial charge >= 0.3 is 11.9 Å². The Labute approximate surface area is 149 Å². The second-order valence-electron chi connectivity index (χ2n) is 6.75. The van der Waals surface area contributed by atoms with Crippen molar-refractivity contribution in [2.45, 2.75) is 11.8 Å². The third-order valence-electron chi connectivity index (χ3n) is 5.67. The maximum absolute atomic E-state index is 12.6. The first-order chi connectivity index (χ1) is 12.6. The molecule has 0 spiro atoms. The normalized spacial score (nSPS) is 27.6. The molecular formula is C20H16O6. The van der Waals surface area contributed by atoms with E-state index < -0.39 is 11.8 Å². The van der Waals surface area contributed by atoms with E-state index >= 15 is 0 Å². The topological polar surface area (TPSA) is 71.1 Å². The predicted octanol–water partition coefficient (Wildman–Crippen LogP) is 2.66. The number of ether oxygens (including phenoxy) is 4.